The Morgan fingerprint density at radius 2 is 1.84 bits per heavy atom. The number of aryl methyl sites for hydroxylation is 1. The maximum atomic E-state index is 13.5. The summed E-state index contributed by atoms with van der Waals surface area (Å²) >= 11 is 0. The number of hydrogen-bond acceptors (Lipinski definition) is 5. The third kappa shape index (κ3) is 4.46. The highest BCUT2D eigenvalue weighted by Crippen LogP contribution is 2.36. The summed E-state index contributed by atoms with van der Waals surface area (Å²) in [7, 11) is 4.33. The molecule has 7 nitrogen and oxygen atoms in total. The van der Waals surface area contributed by atoms with Crippen LogP contribution in [0.4, 0.5) is 11.5 Å². The molecule has 0 amide bonds. The molecular weight excluding hydrogens is 460 g/mol. The van der Waals surface area contributed by atoms with Crippen molar-refractivity contribution in [1.82, 2.24) is 24.2 Å². The van der Waals surface area contributed by atoms with Gasteiger partial charge in [-0.25, -0.2) is 19.3 Å². The van der Waals surface area contributed by atoms with Crippen molar-refractivity contribution in [2.45, 2.75) is 70.4 Å². The molecule has 0 saturated heterocycles. The Morgan fingerprint density at radius 3 is 2.57 bits per heavy atom. The first-order valence-corrected chi connectivity index (χ1v) is 13.4. The summed E-state index contributed by atoms with van der Waals surface area (Å²) in [6.45, 7) is 6.48. The topological polar surface area (TPSA) is 68.0 Å². The van der Waals surface area contributed by atoms with E-state index in [4.69, 9.17) is 4.98 Å². The molecule has 0 radical (unpaired) electrons. The number of benzene rings is 1. The Bertz CT molecular complexity index is 1540. The molecule has 4 aromatic rings. The third-order valence-corrected chi connectivity index (χ3v) is 7.79. The largest absolute Gasteiger partial charge is 0.340 e. The molecule has 7 heteroatoms. The van der Waals surface area contributed by atoms with Crippen molar-refractivity contribution in [2.24, 2.45) is 0 Å². The van der Waals surface area contributed by atoms with Gasteiger partial charge in [-0.1, -0.05) is 32.9 Å². The Hall–Kier alpha value is -3.45. The molecule has 37 heavy (non-hydrogen) atoms. The molecular formula is C30H36N6O. The number of pyridine rings is 2. The monoisotopic (exact) mass is 496 g/mol. The number of hydrogen-bond donors (Lipinski definition) is 1. The summed E-state index contributed by atoms with van der Waals surface area (Å²) in [5, 5.41) is 4.13. The van der Waals surface area contributed by atoms with Crippen LogP contribution in [0.5, 0.6) is 0 Å². The second-order valence-electron chi connectivity index (χ2n) is 11.9. The van der Waals surface area contributed by atoms with Gasteiger partial charge in [-0.15, -0.1) is 0 Å². The highest BCUT2D eigenvalue weighted by molar-refractivity contribution is 5.82. The minimum atomic E-state index is -0.0873. The van der Waals surface area contributed by atoms with Crippen molar-refractivity contribution in [3.8, 4) is 5.82 Å². The Labute approximate surface area is 218 Å². The Kier molecular flexibility index (Phi) is 5.71. The lowest BCUT2D eigenvalue weighted by Crippen LogP contribution is -2.33. The molecule has 192 valence electrons. The summed E-state index contributed by atoms with van der Waals surface area (Å²) in [5.41, 5.74) is 5.60. The van der Waals surface area contributed by atoms with Crippen LogP contribution in [0.15, 0.2) is 53.5 Å². The lowest BCUT2D eigenvalue weighted by atomic mass is 9.87. The summed E-state index contributed by atoms with van der Waals surface area (Å²) in [5.74, 6) is 1.49. The van der Waals surface area contributed by atoms with Gasteiger partial charge in [0.05, 0.1) is 16.9 Å². The van der Waals surface area contributed by atoms with Crippen LogP contribution in [0.25, 0.3) is 16.7 Å². The van der Waals surface area contributed by atoms with Crippen molar-refractivity contribution < 1.29 is 0 Å². The molecule has 2 aliphatic rings. The van der Waals surface area contributed by atoms with E-state index in [0.29, 0.717) is 11.4 Å². The molecule has 6 rings (SSSR count). The molecule has 1 saturated carbocycles. The zero-order valence-electron chi connectivity index (χ0n) is 22.5. The average Bonchev–Trinajstić information content (AvgIpc) is 3.67. The first kappa shape index (κ1) is 23.9. The van der Waals surface area contributed by atoms with Crippen molar-refractivity contribution in [3.05, 3.63) is 75.8 Å². The number of rotatable bonds is 5. The highest BCUT2D eigenvalue weighted by Gasteiger charge is 2.31. The molecule has 1 N–H and O–H groups in total. The van der Waals surface area contributed by atoms with Crippen molar-refractivity contribution in [1.29, 1.82) is 0 Å². The van der Waals surface area contributed by atoms with Gasteiger partial charge in [0.2, 0.25) is 0 Å². The predicted molar refractivity (Wildman–Crippen MR) is 149 cm³/mol. The second kappa shape index (κ2) is 8.84. The van der Waals surface area contributed by atoms with Crippen LogP contribution in [0.2, 0.25) is 0 Å². The summed E-state index contributed by atoms with van der Waals surface area (Å²) in [4.78, 5) is 25.4. The van der Waals surface area contributed by atoms with Crippen LogP contribution in [0, 0.1) is 0 Å². The average molecular weight is 497 g/mol. The molecule has 0 spiro atoms. The number of anilines is 2. The van der Waals surface area contributed by atoms with Gasteiger partial charge >= 0.3 is 0 Å². The van der Waals surface area contributed by atoms with Gasteiger partial charge in [-0.3, -0.25) is 4.79 Å². The highest BCUT2D eigenvalue weighted by atomic mass is 16.1. The fourth-order valence-corrected chi connectivity index (χ4v) is 5.43. The quantitative estimate of drug-likeness (QED) is 0.402. The number of likely N-dealkylation sites (N-methyl/N-ethyl adjacent to an activating group) is 1. The maximum absolute atomic E-state index is 13.5. The first-order chi connectivity index (χ1) is 17.7. The van der Waals surface area contributed by atoms with E-state index in [0.717, 1.165) is 54.2 Å². The van der Waals surface area contributed by atoms with Crippen LogP contribution in [-0.2, 0) is 18.3 Å². The molecule has 2 aliphatic carbocycles. The second-order valence-corrected chi connectivity index (χ2v) is 11.9. The number of fused-ring (bicyclic) bond motifs is 2. The molecule has 3 aromatic heterocycles. The normalized spacial score (nSPS) is 17.8. The predicted octanol–water partition coefficient (Wildman–Crippen LogP) is 5.38. The van der Waals surface area contributed by atoms with Crippen molar-refractivity contribution in [2.75, 3.05) is 19.4 Å². The summed E-state index contributed by atoms with van der Waals surface area (Å²) in [6, 6.07) is 15.5. The summed E-state index contributed by atoms with van der Waals surface area (Å²) < 4.78 is 3.89. The van der Waals surface area contributed by atoms with E-state index in [1.54, 1.807) is 6.20 Å². The zero-order valence-corrected chi connectivity index (χ0v) is 22.5. The summed E-state index contributed by atoms with van der Waals surface area (Å²) in [6.07, 6.45) is 7.11. The van der Waals surface area contributed by atoms with Gasteiger partial charge < -0.3 is 10.2 Å². The van der Waals surface area contributed by atoms with Crippen molar-refractivity contribution in [3.63, 3.8) is 0 Å². The van der Waals surface area contributed by atoms with E-state index in [9.17, 15) is 4.79 Å². The van der Waals surface area contributed by atoms with Gasteiger partial charge in [0.15, 0.2) is 5.82 Å². The fourth-order valence-electron chi connectivity index (χ4n) is 5.43. The number of aromatic nitrogens is 4. The molecule has 3 heterocycles. The first-order valence-electron chi connectivity index (χ1n) is 13.4. The molecule has 1 fully saturated rings. The van der Waals surface area contributed by atoms with E-state index in [-0.39, 0.29) is 17.0 Å². The van der Waals surface area contributed by atoms with Gasteiger partial charge in [-0.05, 0) is 81.6 Å². The number of nitrogens with one attached hydrogen (secondary N) is 1. The van der Waals surface area contributed by atoms with E-state index in [1.807, 2.05) is 27.6 Å². The molecule has 0 aliphatic heterocycles. The van der Waals surface area contributed by atoms with Crippen LogP contribution in [0.3, 0.4) is 0 Å². The van der Waals surface area contributed by atoms with E-state index >= 15 is 0 Å². The Balaban J connectivity index is 1.41. The van der Waals surface area contributed by atoms with Gasteiger partial charge in [0.1, 0.15) is 5.82 Å². The standard InChI is InChI=1S/C30H36N6O/c1-30(2,3)26-7-6-8-28(33-26)36-25-17-27(31-18-24(25)29(37)35(36)22-13-14-22)32-21-11-9-19-10-12-23(34(4)5)16-20(19)15-21/h6-9,11,15,17-18,22-23H,10,12-14,16H2,1-5H3,(H,31,32). The van der Waals surface area contributed by atoms with E-state index in [2.05, 4.69) is 74.3 Å². The smallest absolute Gasteiger partial charge is 0.276 e. The Morgan fingerprint density at radius 1 is 1.03 bits per heavy atom. The maximum Gasteiger partial charge on any atom is 0.276 e. The third-order valence-electron chi connectivity index (χ3n) is 7.79. The lowest BCUT2D eigenvalue weighted by molar-refractivity contribution is 0.268. The zero-order chi connectivity index (χ0) is 25.9. The minimum absolute atomic E-state index is 0.00280. The molecule has 1 atom stereocenters. The van der Waals surface area contributed by atoms with Gasteiger partial charge in [0, 0.05) is 35.1 Å². The number of nitrogens with zero attached hydrogens (tertiary/aromatic N) is 5. The van der Waals surface area contributed by atoms with E-state index < -0.39 is 0 Å². The molecule has 0 bridgehead atoms. The van der Waals surface area contributed by atoms with E-state index in [1.165, 1.54) is 17.5 Å². The molecule has 1 unspecified atom stereocenters. The lowest BCUT2D eigenvalue weighted by Gasteiger charge is -2.30. The minimum Gasteiger partial charge on any atom is -0.340 e. The SMILES string of the molecule is CN(C)C1CCc2ccc(Nc3cc4c(cn3)c(=O)n(C3CC3)n4-c3cccc(C(C)(C)C)n3)cc2C1. The van der Waals surface area contributed by atoms with Crippen molar-refractivity contribution >= 4 is 22.4 Å². The van der Waals surface area contributed by atoms with Crippen LogP contribution < -0.4 is 10.9 Å². The van der Waals surface area contributed by atoms with Gasteiger partial charge in [0.25, 0.3) is 5.56 Å². The fraction of sp³-hybridized carbons (Fsp3) is 0.433. The molecule has 1 aromatic carbocycles. The van der Waals surface area contributed by atoms with Crippen LogP contribution in [-0.4, -0.2) is 44.4 Å². The van der Waals surface area contributed by atoms with Crippen LogP contribution in [0.1, 0.15) is 62.9 Å². The van der Waals surface area contributed by atoms with Crippen LogP contribution >= 0.6 is 0 Å². The van der Waals surface area contributed by atoms with Gasteiger partial charge in [-0.2, -0.15) is 0 Å².